The zero-order chi connectivity index (χ0) is 13.2. The van der Waals surface area contributed by atoms with Gasteiger partial charge in [-0.25, -0.2) is 8.42 Å². The van der Waals surface area contributed by atoms with Crippen molar-refractivity contribution in [2.45, 2.75) is 18.7 Å². The van der Waals surface area contributed by atoms with E-state index in [0.29, 0.717) is 12.1 Å². The second-order valence-corrected chi connectivity index (χ2v) is 6.31. The molecule has 1 N–H and O–H groups in total. The quantitative estimate of drug-likeness (QED) is 0.871. The molecule has 0 unspecified atom stereocenters. The first-order valence-corrected chi connectivity index (χ1v) is 7.49. The number of hydrogen-bond acceptors (Lipinski definition) is 3. The predicted octanol–water partition coefficient (Wildman–Crippen LogP) is 2.33. The summed E-state index contributed by atoms with van der Waals surface area (Å²) in [5.74, 6) is -0.367. The molecule has 94 valence electrons. The average Bonchev–Trinajstić information content (AvgIpc) is 2.20. The summed E-state index contributed by atoms with van der Waals surface area (Å²) >= 11 is 5.84. The molecule has 0 atom stereocenters. The molecule has 0 radical (unpaired) electrons. The molecule has 0 heterocycles. The van der Waals surface area contributed by atoms with Crippen molar-refractivity contribution in [3.8, 4) is 0 Å². The van der Waals surface area contributed by atoms with Crippen molar-refractivity contribution in [2.24, 2.45) is 0 Å². The maximum atomic E-state index is 11.6. The lowest BCUT2D eigenvalue weighted by molar-refractivity contribution is 0.0955. The first kappa shape index (κ1) is 14.3. The van der Waals surface area contributed by atoms with Gasteiger partial charge in [-0.1, -0.05) is 11.6 Å². The molecule has 0 aliphatic carbocycles. The number of halogens is 2. The van der Waals surface area contributed by atoms with Crippen LogP contribution in [0.4, 0.5) is 0 Å². The SMILES string of the molecule is CCNC(=O)c1cc(C)c(Cl)c(S(=O)(=O)Cl)c1. The summed E-state index contributed by atoms with van der Waals surface area (Å²) in [6.07, 6.45) is 0. The Morgan fingerprint density at radius 3 is 2.47 bits per heavy atom. The Hall–Kier alpha value is -0.780. The molecule has 0 saturated heterocycles. The Morgan fingerprint density at radius 2 is 2.00 bits per heavy atom. The standard InChI is InChI=1S/C10H11Cl2NO3S/c1-3-13-10(14)7-4-6(2)9(11)8(5-7)17(12,15)16/h4-5H,3H2,1-2H3,(H,13,14). The molecule has 1 amide bonds. The molecule has 4 nitrogen and oxygen atoms in total. The Kier molecular flexibility index (Phi) is 4.41. The second kappa shape index (κ2) is 5.25. The van der Waals surface area contributed by atoms with Crippen LogP contribution in [0.3, 0.4) is 0 Å². The molecule has 0 spiro atoms. The topological polar surface area (TPSA) is 63.2 Å². The highest BCUT2D eigenvalue weighted by molar-refractivity contribution is 8.13. The predicted molar refractivity (Wildman–Crippen MR) is 67.2 cm³/mol. The van der Waals surface area contributed by atoms with Gasteiger partial charge in [-0.2, -0.15) is 0 Å². The van der Waals surface area contributed by atoms with Gasteiger partial charge < -0.3 is 5.32 Å². The van der Waals surface area contributed by atoms with E-state index in [4.69, 9.17) is 22.3 Å². The van der Waals surface area contributed by atoms with E-state index in [0.717, 1.165) is 0 Å². The number of nitrogens with one attached hydrogen (secondary N) is 1. The minimum absolute atomic E-state index is 0.0352. The maximum absolute atomic E-state index is 11.6. The Morgan fingerprint density at radius 1 is 1.41 bits per heavy atom. The zero-order valence-electron chi connectivity index (χ0n) is 9.25. The first-order valence-electron chi connectivity index (χ1n) is 4.80. The van der Waals surface area contributed by atoms with Crippen LogP contribution in [-0.2, 0) is 9.05 Å². The van der Waals surface area contributed by atoms with Crippen LogP contribution in [-0.4, -0.2) is 20.9 Å². The van der Waals surface area contributed by atoms with Crippen LogP contribution in [0.25, 0.3) is 0 Å². The highest BCUT2D eigenvalue weighted by Gasteiger charge is 2.19. The van der Waals surface area contributed by atoms with Crippen LogP contribution < -0.4 is 5.32 Å². The second-order valence-electron chi connectivity index (χ2n) is 3.40. The molecular formula is C10H11Cl2NO3S. The Labute approximate surface area is 109 Å². The van der Waals surface area contributed by atoms with Gasteiger partial charge in [0, 0.05) is 22.8 Å². The van der Waals surface area contributed by atoms with E-state index in [1.54, 1.807) is 13.8 Å². The van der Waals surface area contributed by atoms with Gasteiger partial charge in [0.1, 0.15) is 4.90 Å². The molecule has 1 aromatic rings. The summed E-state index contributed by atoms with van der Waals surface area (Å²) in [6, 6.07) is 2.68. The number of hydrogen-bond donors (Lipinski definition) is 1. The van der Waals surface area contributed by atoms with Gasteiger partial charge in [-0.3, -0.25) is 4.79 Å². The number of aryl methyl sites for hydroxylation is 1. The van der Waals surface area contributed by atoms with Crippen LogP contribution in [0.5, 0.6) is 0 Å². The third-order valence-electron chi connectivity index (χ3n) is 2.08. The Balaban J connectivity index is 3.39. The van der Waals surface area contributed by atoms with E-state index in [1.807, 2.05) is 0 Å². The summed E-state index contributed by atoms with van der Waals surface area (Å²) in [7, 11) is 1.28. The van der Waals surface area contributed by atoms with E-state index in [9.17, 15) is 13.2 Å². The number of carbonyl (C=O) groups excluding carboxylic acids is 1. The van der Waals surface area contributed by atoms with Crippen molar-refractivity contribution in [3.63, 3.8) is 0 Å². The molecule has 0 fully saturated rings. The van der Waals surface area contributed by atoms with Crippen LogP contribution in [0, 0.1) is 6.92 Å². The smallest absolute Gasteiger partial charge is 0.262 e. The molecule has 17 heavy (non-hydrogen) atoms. The minimum atomic E-state index is -3.97. The lowest BCUT2D eigenvalue weighted by Gasteiger charge is -2.08. The third-order valence-corrected chi connectivity index (χ3v) is 4.04. The highest BCUT2D eigenvalue weighted by Crippen LogP contribution is 2.29. The molecule has 1 rings (SSSR count). The summed E-state index contributed by atoms with van der Waals surface area (Å²) in [5.41, 5.74) is 0.697. The molecule has 1 aromatic carbocycles. The van der Waals surface area contributed by atoms with Gasteiger partial charge in [0.15, 0.2) is 0 Å². The molecule has 0 aromatic heterocycles. The molecule has 7 heteroatoms. The van der Waals surface area contributed by atoms with Gasteiger partial charge in [0.25, 0.3) is 15.0 Å². The van der Waals surface area contributed by atoms with Gasteiger partial charge in [-0.15, -0.1) is 0 Å². The maximum Gasteiger partial charge on any atom is 0.262 e. The Bertz CT molecular complexity index is 555. The normalized spacial score (nSPS) is 11.3. The van der Waals surface area contributed by atoms with E-state index in [2.05, 4.69) is 5.32 Å². The number of carbonyl (C=O) groups is 1. The van der Waals surface area contributed by atoms with E-state index in [-0.39, 0.29) is 21.4 Å². The fourth-order valence-electron chi connectivity index (χ4n) is 1.31. The van der Waals surface area contributed by atoms with Crippen LogP contribution in [0.2, 0.25) is 5.02 Å². The molecular weight excluding hydrogens is 285 g/mol. The minimum Gasteiger partial charge on any atom is -0.352 e. The van der Waals surface area contributed by atoms with Gasteiger partial charge in [0.2, 0.25) is 0 Å². The lowest BCUT2D eigenvalue weighted by atomic mass is 10.1. The largest absolute Gasteiger partial charge is 0.352 e. The first-order chi connectivity index (χ1) is 7.77. The summed E-state index contributed by atoms with van der Waals surface area (Å²) in [6.45, 7) is 3.82. The molecule has 0 saturated carbocycles. The van der Waals surface area contributed by atoms with Crippen molar-refractivity contribution < 1.29 is 13.2 Å². The number of rotatable bonds is 3. The van der Waals surface area contributed by atoms with Crippen molar-refractivity contribution in [3.05, 3.63) is 28.3 Å². The van der Waals surface area contributed by atoms with Crippen molar-refractivity contribution in [2.75, 3.05) is 6.54 Å². The summed E-state index contributed by atoms with van der Waals surface area (Å²) < 4.78 is 22.6. The zero-order valence-corrected chi connectivity index (χ0v) is 11.6. The van der Waals surface area contributed by atoms with E-state index in [1.165, 1.54) is 12.1 Å². The van der Waals surface area contributed by atoms with E-state index < -0.39 is 9.05 Å². The van der Waals surface area contributed by atoms with Crippen LogP contribution in [0.1, 0.15) is 22.8 Å². The van der Waals surface area contributed by atoms with Gasteiger partial charge in [0.05, 0.1) is 5.02 Å². The van der Waals surface area contributed by atoms with Crippen molar-refractivity contribution >= 4 is 37.2 Å². The summed E-state index contributed by atoms with van der Waals surface area (Å²) in [4.78, 5) is 11.3. The van der Waals surface area contributed by atoms with Gasteiger partial charge >= 0.3 is 0 Å². The van der Waals surface area contributed by atoms with Crippen molar-refractivity contribution in [1.29, 1.82) is 0 Å². The van der Waals surface area contributed by atoms with E-state index >= 15 is 0 Å². The lowest BCUT2D eigenvalue weighted by Crippen LogP contribution is -2.23. The average molecular weight is 296 g/mol. The number of benzene rings is 1. The number of amides is 1. The van der Waals surface area contributed by atoms with Crippen LogP contribution in [0.15, 0.2) is 17.0 Å². The van der Waals surface area contributed by atoms with Crippen LogP contribution >= 0.6 is 22.3 Å². The highest BCUT2D eigenvalue weighted by atomic mass is 35.7. The fraction of sp³-hybridized carbons (Fsp3) is 0.300. The molecule has 0 bridgehead atoms. The third kappa shape index (κ3) is 3.34. The van der Waals surface area contributed by atoms with Crippen molar-refractivity contribution in [1.82, 2.24) is 5.32 Å². The summed E-state index contributed by atoms with van der Waals surface area (Å²) in [5, 5.41) is 2.60. The fourth-order valence-corrected chi connectivity index (χ4v) is 2.85. The molecule has 0 aliphatic rings. The molecule has 0 aliphatic heterocycles. The van der Waals surface area contributed by atoms with Gasteiger partial charge in [-0.05, 0) is 31.5 Å². The monoisotopic (exact) mass is 295 g/mol.